The van der Waals surface area contributed by atoms with Crippen molar-refractivity contribution in [1.29, 1.82) is 5.26 Å². The van der Waals surface area contributed by atoms with Crippen LogP contribution in [0.4, 0.5) is 0 Å². The summed E-state index contributed by atoms with van der Waals surface area (Å²) in [6, 6.07) is 4.88. The molecule has 0 aliphatic rings. The Kier molecular flexibility index (Phi) is 4.01. The lowest BCUT2D eigenvalue weighted by atomic mass is 10.3. The van der Waals surface area contributed by atoms with Gasteiger partial charge in [0.05, 0.1) is 6.07 Å². The summed E-state index contributed by atoms with van der Waals surface area (Å²) in [5, 5.41) is 15.9. The van der Waals surface area contributed by atoms with Gasteiger partial charge in [-0.3, -0.25) is 4.79 Å². The number of hydrogen-bond acceptors (Lipinski definition) is 4. The van der Waals surface area contributed by atoms with E-state index in [9.17, 15) is 4.79 Å². The number of hydrogen-bond donors (Lipinski definition) is 0. The lowest BCUT2D eigenvalue weighted by Crippen LogP contribution is -2.31. The zero-order valence-corrected chi connectivity index (χ0v) is 8.90. The Morgan fingerprint density at radius 2 is 2.33 bits per heavy atom. The predicted molar refractivity (Wildman–Crippen MR) is 54.2 cm³/mol. The van der Waals surface area contributed by atoms with Crippen molar-refractivity contribution >= 4 is 17.5 Å². The highest BCUT2D eigenvalue weighted by Crippen LogP contribution is 2.04. The van der Waals surface area contributed by atoms with Crippen molar-refractivity contribution in [3.05, 3.63) is 23.0 Å². The molecule has 1 aromatic rings. The van der Waals surface area contributed by atoms with Crippen molar-refractivity contribution in [3.63, 3.8) is 0 Å². The second-order valence-electron chi connectivity index (χ2n) is 2.72. The lowest BCUT2D eigenvalue weighted by Gasteiger charge is -2.15. The number of carbonyl (C=O) groups is 1. The highest BCUT2D eigenvalue weighted by Gasteiger charge is 2.15. The number of halogens is 1. The fourth-order valence-electron chi connectivity index (χ4n) is 1.00. The molecule has 1 rings (SSSR count). The van der Waals surface area contributed by atoms with Gasteiger partial charge in [0.2, 0.25) is 0 Å². The molecule has 0 saturated carbocycles. The third kappa shape index (κ3) is 2.89. The summed E-state index contributed by atoms with van der Waals surface area (Å²) in [6.45, 7) is 2.29. The maximum Gasteiger partial charge on any atom is 0.275 e. The Bertz CT molecular complexity index is 384. The predicted octanol–water partition coefficient (Wildman–Crippen LogP) is 1.12. The molecule has 0 unspecified atom stereocenters. The molecular weight excluding hydrogens is 216 g/mol. The molecule has 1 heterocycles. The molecule has 0 fully saturated rings. The molecule has 1 aromatic heterocycles. The number of nitriles is 1. The van der Waals surface area contributed by atoms with Gasteiger partial charge in [-0.05, 0) is 19.1 Å². The van der Waals surface area contributed by atoms with Crippen LogP contribution < -0.4 is 0 Å². The maximum atomic E-state index is 11.7. The van der Waals surface area contributed by atoms with Crippen LogP contribution in [0.15, 0.2) is 12.1 Å². The van der Waals surface area contributed by atoms with Gasteiger partial charge in [0.15, 0.2) is 10.8 Å². The van der Waals surface area contributed by atoms with Crippen molar-refractivity contribution in [1.82, 2.24) is 15.1 Å². The smallest absolute Gasteiger partial charge is 0.275 e. The standard InChI is InChI=1S/C9H9ClN4O/c1-2-14(6-5-11)9(15)7-3-4-8(10)13-12-7/h3-4H,2,6H2,1H3. The minimum Gasteiger partial charge on any atom is -0.324 e. The van der Waals surface area contributed by atoms with Gasteiger partial charge in [0, 0.05) is 6.54 Å². The zero-order chi connectivity index (χ0) is 11.3. The Balaban J connectivity index is 2.84. The average Bonchev–Trinajstić information content (AvgIpc) is 2.26. The molecule has 6 heteroatoms. The summed E-state index contributed by atoms with van der Waals surface area (Å²) < 4.78 is 0. The van der Waals surface area contributed by atoms with Crippen LogP contribution in [0, 0.1) is 11.3 Å². The SMILES string of the molecule is CCN(CC#N)C(=O)c1ccc(Cl)nn1. The van der Waals surface area contributed by atoms with Gasteiger partial charge in [0.1, 0.15) is 6.54 Å². The topological polar surface area (TPSA) is 69.9 Å². The lowest BCUT2D eigenvalue weighted by molar-refractivity contribution is 0.0777. The van der Waals surface area contributed by atoms with E-state index in [0.717, 1.165) is 0 Å². The number of carbonyl (C=O) groups excluding carboxylic acids is 1. The highest BCUT2D eigenvalue weighted by atomic mass is 35.5. The quantitative estimate of drug-likeness (QED) is 0.722. The van der Waals surface area contributed by atoms with E-state index in [1.807, 2.05) is 6.07 Å². The number of nitrogens with zero attached hydrogens (tertiary/aromatic N) is 4. The summed E-state index contributed by atoms with van der Waals surface area (Å²) >= 11 is 5.54. The summed E-state index contributed by atoms with van der Waals surface area (Å²) in [4.78, 5) is 13.1. The van der Waals surface area contributed by atoms with Crippen molar-refractivity contribution < 1.29 is 4.79 Å². The van der Waals surface area contributed by atoms with Gasteiger partial charge in [-0.25, -0.2) is 0 Å². The fourth-order valence-corrected chi connectivity index (χ4v) is 1.11. The van der Waals surface area contributed by atoms with E-state index in [2.05, 4.69) is 10.2 Å². The van der Waals surface area contributed by atoms with Gasteiger partial charge in [0.25, 0.3) is 5.91 Å². The second-order valence-corrected chi connectivity index (χ2v) is 3.11. The van der Waals surface area contributed by atoms with Gasteiger partial charge >= 0.3 is 0 Å². The molecule has 0 bridgehead atoms. The van der Waals surface area contributed by atoms with Crippen LogP contribution in [0.3, 0.4) is 0 Å². The molecule has 0 radical (unpaired) electrons. The molecule has 5 nitrogen and oxygen atoms in total. The summed E-state index contributed by atoms with van der Waals surface area (Å²) in [7, 11) is 0. The first-order valence-corrected chi connectivity index (χ1v) is 4.72. The largest absolute Gasteiger partial charge is 0.324 e. The first-order chi connectivity index (χ1) is 7.19. The van der Waals surface area contributed by atoms with Crippen molar-refractivity contribution in [3.8, 4) is 6.07 Å². The van der Waals surface area contributed by atoms with E-state index in [0.29, 0.717) is 6.54 Å². The Morgan fingerprint density at radius 3 is 2.80 bits per heavy atom. The minimum absolute atomic E-state index is 0.0413. The van der Waals surface area contributed by atoms with Crippen molar-refractivity contribution in [2.75, 3.05) is 13.1 Å². The zero-order valence-electron chi connectivity index (χ0n) is 8.14. The minimum atomic E-state index is -0.316. The van der Waals surface area contributed by atoms with Gasteiger partial charge in [-0.1, -0.05) is 11.6 Å². The average molecular weight is 225 g/mol. The maximum absolute atomic E-state index is 11.7. The van der Waals surface area contributed by atoms with Crippen LogP contribution in [0.25, 0.3) is 0 Å². The molecule has 0 aliphatic carbocycles. The Labute approximate surface area is 92.3 Å². The van der Waals surface area contributed by atoms with Crippen LogP contribution in [-0.4, -0.2) is 34.1 Å². The fraction of sp³-hybridized carbons (Fsp3) is 0.333. The van der Waals surface area contributed by atoms with Crippen LogP contribution in [-0.2, 0) is 0 Å². The van der Waals surface area contributed by atoms with Crippen LogP contribution in [0.5, 0.6) is 0 Å². The summed E-state index contributed by atoms with van der Waals surface area (Å²) in [5.74, 6) is -0.316. The van der Waals surface area contributed by atoms with E-state index in [4.69, 9.17) is 16.9 Å². The third-order valence-electron chi connectivity index (χ3n) is 1.78. The first-order valence-electron chi connectivity index (χ1n) is 4.34. The van der Waals surface area contributed by atoms with Gasteiger partial charge in [-0.2, -0.15) is 5.26 Å². The van der Waals surface area contributed by atoms with E-state index >= 15 is 0 Å². The Morgan fingerprint density at radius 1 is 1.60 bits per heavy atom. The molecule has 0 saturated heterocycles. The van der Waals surface area contributed by atoms with Crippen molar-refractivity contribution in [2.24, 2.45) is 0 Å². The van der Waals surface area contributed by atoms with Crippen LogP contribution >= 0.6 is 11.6 Å². The first kappa shape index (κ1) is 11.4. The van der Waals surface area contributed by atoms with Crippen molar-refractivity contribution in [2.45, 2.75) is 6.92 Å². The molecule has 78 valence electrons. The number of amides is 1. The molecule has 0 spiro atoms. The second kappa shape index (κ2) is 5.27. The molecular formula is C9H9ClN4O. The van der Waals surface area contributed by atoms with Gasteiger partial charge in [-0.15, -0.1) is 10.2 Å². The highest BCUT2D eigenvalue weighted by molar-refractivity contribution is 6.29. The molecule has 0 N–H and O–H groups in total. The summed E-state index contributed by atoms with van der Waals surface area (Å²) in [6.07, 6.45) is 0. The molecule has 15 heavy (non-hydrogen) atoms. The summed E-state index contributed by atoms with van der Waals surface area (Å²) in [5.41, 5.74) is 0.191. The molecule has 1 amide bonds. The van der Waals surface area contributed by atoms with Gasteiger partial charge < -0.3 is 4.90 Å². The van der Waals surface area contributed by atoms with E-state index < -0.39 is 0 Å². The third-order valence-corrected chi connectivity index (χ3v) is 1.98. The molecule has 0 aromatic carbocycles. The molecule has 0 aliphatic heterocycles. The number of rotatable bonds is 3. The van der Waals surface area contributed by atoms with E-state index in [-0.39, 0.29) is 23.3 Å². The van der Waals surface area contributed by atoms with E-state index in [1.165, 1.54) is 17.0 Å². The van der Waals surface area contributed by atoms with Crippen LogP contribution in [0.2, 0.25) is 5.15 Å². The normalized spacial score (nSPS) is 9.40. The van der Waals surface area contributed by atoms with Crippen LogP contribution in [0.1, 0.15) is 17.4 Å². The van der Waals surface area contributed by atoms with E-state index in [1.54, 1.807) is 6.92 Å². The molecule has 0 atom stereocenters. The Hall–Kier alpha value is -1.67. The monoisotopic (exact) mass is 224 g/mol. The number of aromatic nitrogens is 2.